The number of hydrogen-bond acceptors (Lipinski definition) is 4. The summed E-state index contributed by atoms with van der Waals surface area (Å²) in [7, 11) is 0. The second-order valence-corrected chi connectivity index (χ2v) is 5.07. The van der Waals surface area contributed by atoms with Gasteiger partial charge in [-0.05, 0) is 43.0 Å². The van der Waals surface area contributed by atoms with E-state index in [1.54, 1.807) is 36.6 Å². The van der Waals surface area contributed by atoms with Crippen LogP contribution < -0.4 is 10.6 Å². The average Bonchev–Trinajstić information content (AvgIpc) is 2.97. The number of amides is 2. The molecule has 0 unspecified atom stereocenters. The van der Waals surface area contributed by atoms with Crippen LogP contribution in [0.3, 0.4) is 0 Å². The molecule has 2 amide bonds. The molecule has 0 aliphatic rings. The van der Waals surface area contributed by atoms with Crippen molar-refractivity contribution < 1.29 is 14.3 Å². The summed E-state index contributed by atoms with van der Waals surface area (Å²) in [6, 6.07) is 7.07. The van der Waals surface area contributed by atoms with Gasteiger partial charge in [-0.25, -0.2) is 4.79 Å². The molecule has 6 heteroatoms. The third-order valence-electron chi connectivity index (χ3n) is 2.88. The Labute approximate surface area is 126 Å². The monoisotopic (exact) mass is 304 g/mol. The van der Waals surface area contributed by atoms with E-state index in [0.29, 0.717) is 23.5 Å². The van der Waals surface area contributed by atoms with E-state index < -0.39 is 6.09 Å². The molecule has 0 aliphatic heterocycles. The fourth-order valence-corrected chi connectivity index (χ4v) is 2.41. The van der Waals surface area contributed by atoms with Gasteiger partial charge in [0.25, 0.3) is 5.91 Å². The maximum atomic E-state index is 12.0. The van der Waals surface area contributed by atoms with Crippen molar-refractivity contribution in [1.29, 1.82) is 0 Å². The van der Waals surface area contributed by atoms with Gasteiger partial charge < -0.3 is 10.1 Å². The molecule has 1 aromatic heterocycles. The molecule has 0 bridgehead atoms. The lowest BCUT2D eigenvalue weighted by Crippen LogP contribution is -2.16. The molecule has 0 radical (unpaired) electrons. The molecule has 5 nitrogen and oxygen atoms in total. The largest absolute Gasteiger partial charge is 0.450 e. The van der Waals surface area contributed by atoms with Gasteiger partial charge in [-0.2, -0.15) is 11.3 Å². The zero-order chi connectivity index (χ0) is 15.2. The van der Waals surface area contributed by atoms with Crippen LogP contribution in [0.1, 0.15) is 22.8 Å². The number of hydrogen-bond donors (Lipinski definition) is 2. The molecule has 2 aromatic rings. The molecule has 1 aromatic carbocycles. The first-order valence-corrected chi connectivity index (χ1v) is 7.43. The molecule has 1 heterocycles. The highest BCUT2D eigenvalue weighted by Crippen LogP contribution is 2.24. The number of carbonyl (C=O) groups is 2. The molecule has 2 rings (SSSR count). The molecule has 0 saturated carbocycles. The van der Waals surface area contributed by atoms with Gasteiger partial charge in [0.05, 0.1) is 12.2 Å². The molecule has 0 aliphatic carbocycles. The Kier molecular flexibility index (Phi) is 4.94. The standard InChI is InChI=1S/C15H16N2O3S/c1-3-20-15(19)17-13-6-4-5-12(10(13)2)16-14(18)11-7-8-21-9-11/h4-9H,3H2,1-2H3,(H,16,18)(H,17,19). The Bertz CT molecular complexity index is 638. The zero-order valence-corrected chi connectivity index (χ0v) is 12.6. The summed E-state index contributed by atoms with van der Waals surface area (Å²) in [6.07, 6.45) is -0.512. The van der Waals surface area contributed by atoms with Crippen LogP contribution in [-0.2, 0) is 4.74 Å². The predicted molar refractivity (Wildman–Crippen MR) is 84.1 cm³/mol. The highest BCUT2D eigenvalue weighted by Gasteiger charge is 2.11. The van der Waals surface area contributed by atoms with E-state index >= 15 is 0 Å². The van der Waals surface area contributed by atoms with Crippen molar-refractivity contribution in [2.75, 3.05) is 17.2 Å². The minimum atomic E-state index is -0.512. The molecule has 0 spiro atoms. The summed E-state index contributed by atoms with van der Waals surface area (Å²) < 4.78 is 4.84. The van der Waals surface area contributed by atoms with E-state index in [1.165, 1.54) is 11.3 Å². The van der Waals surface area contributed by atoms with Crippen LogP contribution in [0.2, 0.25) is 0 Å². The predicted octanol–water partition coefficient (Wildman–Crippen LogP) is 3.88. The van der Waals surface area contributed by atoms with Crippen molar-refractivity contribution in [3.05, 3.63) is 46.2 Å². The highest BCUT2D eigenvalue weighted by molar-refractivity contribution is 7.08. The summed E-state index contributed by atoms with van der Waals surface area (Å²) in [5.74, 6) is -0.173. The van der Waals surface area contributed by atoms with Crippen molar-refractivity contribution in [1.82, 2.24) is 0 Å². The van der Waals surface area contributed by atoms with Crippen LogP contribution in [0.4, 0.5) is 16.2 Å². The van der Waals surface area contributed by atoms with Crippen molar-refractivity contribution in [3.63, 3.8) is 0 Å². The van der Waals surface area contributed by atoms with Gasteiger partial charge in [-0.1, -0.05) is 6.07 Å². The van der Waals surface area contributed by atoms with Crippen LogP contribution in [0.15, 0.2) is 35.0 Å². The van der Waals surface area contributed by atoms with E-state index in [9.17, 15) is 9.59 Å². The Balaban J connectivity index is 2.14. The van der Waals surface area contributed by atoms with Crippen LogP contribution >= 0.6 is 11.3 Å². The van der Waals surface area contributed by atoms with Gasteiger partial charge in [-0.15, -0.1) is 0 Å². The van der Waals surface area contributed by atoms with Crippen molar-refractivity contribution in [3.8, 4) is 0 Å². The van der Waals surface area contributed by atoms with Gasteiger partial charge in [0, 0.05) is 16.8 Å². The molecule has 21 heavy (non-hydrogen) atoms. The van der Waals surface area contributed by atoms with Gasteiger partial charge in [0.15, 0.2) is 0 Å². The first-order valence-electron chi connectivity index (χ1n) is 6.48. The van der Waals surface area contributed by atoms with Gasteiger partial charge in [0.1, 0.15) is 0 Å². The summed E-state index contributed by atoms with van der Waals surface area (Å²) in [4.78, 5) is 23.5. The van der Waals surface area contributed by atoms with Crippen molar-refractivity contribution in [2.45, 2.75) is 13.8 Å². The van der Waals surface area contributed by atoms with Crippen LogP contribution in [0.5, 0.6) is 0 Å². The maximum absolute atomic E-state index is 12.0. The van der Waals surface area contributed by atoms with E-state index in [4.69, 9.17) is 4.74 Å². The Morgan fingerprint density at radius 1 is 1.19 bits per heavy atom. The first-order chi connectivity index (χ1) is 10.1. The first kappa shape index (κ1) is 15.1. The number of carbonyl (C=O) groups excluding carboxylic acids is 2. The lowest BCUT2D eigenvalue weighted by Gasteiger charge is -2.13. The smallest absolute Gasteiger partial charge is 0.411 e. The summed E-state index contributed by atoms with van der Waals surface area (Å²) in [5.41, 5.74) is 2.65. The molecular formula is C15H16N2O3S. The van der Waals surface area contributed by atoms with E-state index in [-0.39, 0.29) is 5.91 Å². The molecular weight excluding hydrogens is 288 g/mol. The van der Waals surface area contributed by atoms with Gasteiger partial charge in [0.2, 0.25) is 0 Å². The maximum Gasteiger partial charge on any atom is 0.411 e. The Morgan fingerprint density at radius 2 is 1.90 bits per heavy atom. The van der Waals surface area contributed by atoms with Gasteiger partial charge >= 0.3 is 6.09 Å². The summed E-state index contributed by atoms with van der Waals surface area (Å²) in [5, 5.41) is 9.11. The second kappa shape index (κ2) is 6.90. The van der Waals surface area contributed by atoms with Crippen LogP contribution in [0.25, 0.3) is 0 Å². The number of ether oxygens (including phenoxy) is 1. The lowest BCUT2D eigenvalue weighted by atomic mass is 10.1. The quantitative estimate of drug-likeness (QED) is 0.900. The second-order valence-electron chi connectivity index (χ2n) is 4.29. The average molecular weight is 304 g/mol. The molecule has 110 valence electrons. The zero-order valence-electron chi connectivity index (χ0n) is 11.8. The Hall–Kier alpha value is -2.34. The third kappa shape index (κ3) is 3.82. The number of thiophene rings is 1. The van der Waals surface area contributed by atoms with E-state index in [0.717, 1.165) is 5.56 Å². The molecule has 2 N–H and O–H groups in total. The topological polar surface area (TPSA) is 67.4 Å². The minimum Gasteiger partial charge on any atom is -0.450 e. The van der Waals surface area contributed by atoms with E-state index in [1.807, 2.05) is 12.3 Å². The Morgan fingerprint density at radius 3 is 2.52 bits per heavy atom. The van der Waals surface area contributed by atoms with Gasteiger partial charge in [-0.3, -0.25) is 10.1 Å². The fourth-order valence-electron chi connectivity index (χ4n) is 1.77. The summed E-state index contributed by atoms with van der Waals surface area (Å²) in [6.45, 7) is 3.87. The van der Waals surface area contributed by atoms with Crippen LogP contribution in [-0.4, -0.2) is 18.6 Å². The van der Waals surface area contributed by atoms with Crippen molar-refractivity contribution in [2.24, 2.45) is 0 Å². The number of rotatable bonds is 4. The van der Waals surface area contributed by atoms with Crippen molar-refractivity contribution >= 4 is 34.7 Å². The number of anilines is 2. The van der Waals surface area contributed by atoms with E-state index in [2.05, 4.69) is 10.6 Å². The SMILES string of the molecule is CCOC(=O)Nc1cccc(NC(=O)c2ccsc2)c1C. The lowest BCUT2D eigenvalue weighted by molar-refractivity contribution is 0.102. The normalized spacial score (nSPS) is 10.0. The molecule has 0 fully saturated rings. The van der Waals surface area contributed by atoms with Crippen LogP contribution in [0, 0.1) is 6.92 Å². The summed E-state index contributed by atoms with van der Waals surface area (Å²) >= 11 is 1.47. The molecule has 0 atom stereocenters. The number of benzene rings is 1. The highest BCUT2D eigenvalue weighted by atomic mass is 32.1. The minimum absolute atomic E-state index is 0.173. The fraction of sp³-hybridized carbons (Fsp3) is 0.200. The third-order valence-corrected chi connectivity index (χ3v) is 3.56. The number of nitrogens with one attached hydrogen (secondary N) is 2. The molecule has 0 saturated heterocycles.